The topological polar surface area (TPSA) is 90.0 Å². The fourth-order valence-corrected chi connectivity index (χ4v) is 6.70. The Balaban J connectivity index is 1.28. The summed E-state index contributed by atoms with van der Waals surface area (Å²) in [5.74, 6) is 0.180. The van der Waals surface area contributed by atoms with E-state index in [1.165, 1.54) is 24.3 Å². The van der Waals surface area contributed by atoms with Gasteiger partial charge in [-0.2, -0.15) is 16.8 Å². The third kappa shape index (κ3) is 7.18. The monoisotopic (exact) mass is 647 g/mol. The van der Waals surface area contributed by atoms with Crippen molar-refractivity contribution in [3.05, 3.63) is 169 Å². The molecule has 0 radical (unpaired) electrons. The smallest absolute Gasteiger partial charge is 0.339 e. The molecule has 0 aliphatic heterocycles. The highest BCUT2D eigenvalue weighted by atomic mass is 32.2. The molecule has 0 saturated heterocycles. The zero-order valence-corrected chi connectivity index (χ0v) is 26.1. The minimum absolute atomic E-state index is 0.0693. The number of hydrogen-bond donors (Lipinski definition) is 0. The van der Waals surface area contributed by atoms with Gasteiger partial charge < -0.3 is 9.08 Å². The molecule has 0 saturated carbocycles. The van der Waals surface area contributed by atoms with Gasteiger partial charge in [0.2, 0.25) is 0 Å². The molecule has 6 aromatic carbocycles. The summed E-state index contributed by atoms with van der Waals surface area (Å²) in [6.45, 7) is -0.120. The minimum atomic E-state index is -3.99. The fourth-order valence-electron chi connectivity index (χ4n) is 4.84. The van der Waals surface area contributed by atoms with Crippen molar-refractivity contribution in [1.29, 1.82) is 0 Å². The molecule has 0 bridgehead atoms. The summed E-state index contributed by atoms with van der Waals surface area (Å²) in [6.07, 6.45) is 0. The Hall–Kier alpha value is -5.22. The highest BCUT2D eigenvalue weighted by Gasteiger charge is 2.18. The lowest BCUT2D eigenvalue weighted by atomic mass is 10.0. The van der Waals surface area contributed by atoms with Crippen LogP contribution < -0.4 is 9.08 Å². The molecule has 0 spiro atoms. The lowest BCUT2D eigenvalue weighted by molar-refractivity contribution is 0.308. The van der Waals surface area contributed by atoms with Gasteiger partial charge in [0.15, 0.2) is 0 Å². The summed E-state index contributed by atoms with van der Waals surface area (Å²) in [4.78, 5) is 2.18. The molecule has 0 unspecified atom stereocenters. The molecule has 0 fully saturated rings. The van der Waals surface area contributed by atoms with Crippen molar-refractivity contribution in [2.75, 3.05) is 4.90 Å². The molecule has 0 aliphatic carbocycles. The van der Waals surface area contributed by atoms with Crippen LogP contribution in [0, 0.1) is 0 Å². The van der Waals surface area contributed by atoms with Crippen LogP contribution in [0.1, 0.15) is 5.56 Å². The molecular formula is C37H29NO6S2. The van der Waals surface area contributed by atoms with Crippen molar-refractivity contribution < 1.29 is 25.2 Å². The first-order valence-electron chi connectivity index (χ1n) is 14.4. The van der Waals surface area contributed by atoms with Crippen molar-refractivity contribution in [2.24, 2.45) is 0 Å². The Morgan fingerprint density at radius 1 is 0.435 bits per heavy atom. The lowest BCUT2D eigenvalue weighted by Gasteiger charge is -2.26. The molecule has 46 heavy (non-hydrogen) atoms. The van der Waals surface area contributed by atoms with Crippen LogP contribution in [0.15, 0.2) is 174 Å². The Bertz CT molecular complexity index is 2110. The summed E-state index contributed by atoms with van der Waals surface area (Å²) < 4.78 is 61.4. The summed E-state index contributed by atoms with van der Waals surface area (Å²) in [6, 6.07) is 48.3. The van der Waals surface area contributed by atoms with Crippen LogP contribution in [0.5, 0.6) is 5.75 Å². The first kappa shape index (κ1) is 30.8. The van der Waals surface area contributed by atoms with Crippen LogP contribution >= 0.6 is 0 Å². The molecule has 0 aliphatic rings. The number of anilines is 3. The molecule has 0 atom stereocenters. The molecule has 9 heteroatoms. The Morgan fingerprint density at radius 2 is 0.848 bits per heavy atom. The number of benzene rings is 6. The maximum absolute atomic E-state index is 12.8. The van der Waals surface area contributed by atoms with Crippen LogP contribution in [0.4, 0.5) is 17.1 Å². The van der Waals surface area contributed by atoms with E-state index >= 15 is 0 Å². The maximum Gasteiger partial charge on any atom is 0.339 e. The predicted molar refractivity (Wildman–Crippen MR) is 179 cm³/mol. The number of hydrogen-bond acceptors (Lipinski definition) is 7. The van der Waals surface area contributed by atoms with Gasteiger partial charge in [0.25, 0.3) is 10.1 Å². The quantitative estimate of drug-likeness (QED) is 0.130. The van der Waals surface area contributed by atoms with Gasteiger partial charge in [-0.05, 0) is 89.5 Å². The minimum Gasteiger partial charge on any atom is -0.379 e. The van der Waals surface area contributed by atoms with Gasteiger partial charge in [-0.3, -0.25) is 4.18 Å². The average Bonchev–Trinajstić information content (AvgIpc) is 3.10. The van der Waals surface area contributed by atoms with Gasteiger partial charge in [0.1, 0.15) is 10.6 Å². The van der Waals surface area contributed by atoms with Crippen LogP contribution in [0.3, 0.4) is 0 Å². The third-order valence-corrected chi connectivity index (χ3v) is 9.71. The molecule has 6 rings (SSSR count). The van der Waals surface area contributed by atoms with Gasteiger partial charge in [-0.15, -0.1) is 0 Å². The molecular weight excluding hydrogens is 619 g/mol. The number of rotatable bonds is 11. The molecule has 6 aromatic rings. The predicted octanol–water partition coefficient (Wildman–Crippen LogP) is 8.50. The Kier molecular flexibility index (Phi) is 8.98. The van der Waals surface area contributed by atoms with Crippen molar-refractivity contribution in [3.63, 3.8) is 0 Å². The Labute approximate surface area is 269 Å². The maximum atomic E-state index is 12.8. The van der Waals surface area contributed by atoms with E-state index in [4.69, 9.17) is 8.37 Å². The van der Waals surface area contributed by atoms with E-state index in [1.807, 2.05) is 83.8 Å². The van der Waals surface area contributed by atoms with Crippen molar-refractivity contribution in [3.8, 4) is 16.9 Å². The van der Waals surface area contributed by atoms with Crippen molar-refractivity contribution in [2.45, 2.75) is 16.4 Å². The fraction of sp³-hybridized carbons (Fsp3) is 0.0270. The summed E-state index contributed by atoms with van der Waals surface area (Å²) in [5, 5.41) is 0. The molecule has 0 amide bonds. The van der Waals surface area contributed by atoms with E-state index in [9.17, 15) is 16.8 Å². The van der Waals surface area contributed by atoms with Crippen molar-refractivity contribution in [1.82, 2.24) is 0 Å². The van der Waals surface area contributed by atoms with Crippen LogP contribution in [-0.2, 0) is 31.0 Å². The van der Waals surface area contributed by atoms with E-state index in [1.54, 1.807) is 60.7 Å². The number of nitrogens with zero attached hydrogens (tertiary/aromatic N) is 1. The van der Waals surface area contributed by atoms with Gasteiger partial charge >= 0.3 is 10.1 Å². The van der Waals surface area contributed by atoms with Crippen LogP contribution in [0.25, 0.3) is 11.1 Å². The highest BCUT2D eigenvalue weighted by molar-refractivity contribution is 7.87. The molecule has 0 aromatic heterocycles. The molecule has 0 N–H and O–H groups in total. The standard InChI is InChI=1S/C37H29NO6S2/c39-45(40,36-12-6-2-7-13-36)43-28-29-16-20-32(21-17-29)38(33-22-18-31(19-23-33)30-10-4-1-5-11-30)34-24-26-35(27-25-34)44-46(41,42)37-14-8-3-9-15-37/h1-27H,28H2. The van der Waals surface area contributed by atoms with Gasteiger partial charge in [-0.1, -0.05) is 91.0 Å². The first-order chi connectivity index (χ1) is 22.3. The molecule has 0 heterocycles. The SMILES string of the molecule is O=S(=O)(OCc1ccc(N(c2ccc(OS(=O)(=O)c3ccccc3)cc2)c2ccc(-c3ccccc3)cc2)cc1)c1ccccc1. The van der Waals surface area contributed by atoms with Gasteiger partial charge in [-0.25, -0.2) is 0 Å². The Morgan fingerprint density at radius 3 is 1.37 bits per heavy atom. The highest BCUT2D eigenvalue weighted by Crippen LogP contribution is 2.37. The average molecular weight is 648 g/mol. The third-order valence-electron chi connectivity index (χ3n) is 7.17. The van der Waals surface area contributed by atoms with Gasteiger partial charge in [0.05, 0.1) is 11.5 Å². The first-order valence-corrected chi connectivity index (χ1v) is 17.2. The largest absolute Gasteiger partial charge is 0.379 e. The van der Waals surface area contributed by atoms with E-state index < -0.39 is 20.2 Å². The second kappa shape index (κ2) is 13.4. The second-order valence-corrected chi connectivity index (χ2v) is 13.5. The molecule has 230 valence electrons. The second-order valence-electron chi connectivity index (χ2n) is 10.3. The van der Waals surface area contributed by atoms with Crippen molar-refractivity contribution >= 4 is 37.3 Å². The van der Waals surface area contributed by atoms with E-state index in [0.29, 0.717) is 5.56 Å². The van der Waals surface area contributed by atoms with Gasteiger partial charge in [0, 0.05) is 17.1 Å². The van der Waals surface area contributed by atoms with Crippen LogP contribution in [-0.4, -0.2) is 16.8 Å². The summed E-state index contributed by atoms with van der Waals surface area (Å²) in [5.41, 5.74) is 5.25. The summed E-state index contributed by atoms with van der Waals surface area (Å²) >= 11 is 0. The lowest BCUT2D eigenvalue weighted by Crippen LogP contribution is -2.11. The molecule has 7 nitrogen and oxygen atoms in total. The van der Waals surface area contributed by atoms with Crippen LogP contribution in [0.2, 0.25) is 0 Å². The van der Waals surface area contributed by atoms with E-state index in [2.05, 4.69) is 0 Å². The van der Waals surface area contributed by atoms with E-state index in [0.717, 1.165) is 28.2 Å². The zero-order chi connectivity index (χ0) is 32.0. The summed E-state index contributed by atoms with van der Waals surface area (Å²) in [7, 11) is -7.89. The van der Waals surface area contributed by atoms with E-state index in [-0.39, 0.29) is 22.1 Å². The zero-order valence-electron chi connectivity index (χ0n) is 24.5. The normalized spacial score (nSPS) is 11.6.